The molecule has 0 radical (unpaired) electrons. The molecule has 0 aromatic heterocycles. The summed E-state index contributed by atoms with van der Waals surface area (Å²) < 4.78 is 26.5. The maximum Gasteiger partial charge on any atom is 0.411 e. The van der Waals surface area contributed by atoms with Crippen molar-refractivity contribution in [3.63, 3.8) is 0 Å². The van der Waals surface area contributed by atoms with Crippen LogP contribution in [0.25, 0.3) is 0 Å². The molecule has 32 heavy (non-hydrogen) atoms. The molecule has 0 saturated carbocycles. The molecule has 186 valence electrons. The lowest BCUT2D eigenvalue weighted by Crippen LogP contribution is -2.49. The van der Waals surface area contributed by atoms with E-state index in [1.165, 1.54) is 16.7 Å². The summed E-state index contributed by atoms with van der Waals surface area (Å²) in [5.74, 6) is -0.134. The molecule has 12 heteroatoms. The monoisotopic (exact) mass is 480 g/mol. The molecule has 1 atom stereocenters. The summed E-state index contributed by atoms with van der Waals surface area (Å²) >= 11 is 1.51. The number of nitrogens with zero attached hydrogens (tertiary/aromatic N) is 1. The first-order valence-electron chi connectivity index (χ1n) is 10.6. The lowest BCUT2D eigenvalue weighted by molar-refractivity contribution is -0.138. The quantitative estimate of drug-likeness (QED) is 0.308. The number of hydrogen-bond donors (Lipinski definition) is 2. The predicted molar refractivity (Wildman–Crippen MR) is 118 cm³/mol. The Bertz CT molecular complexity index is 572. The smallest absolute Gasteiger partial charge is 0.411 e. The maximum atomic E-state index is 12.4. The van der Waals surface area contributed by atoms with E-state index in [2.05, 4.69) is 5.32 Å². The van der Waals surface area contributed by atoms with E-state index in [0.717, 1.165) is 0 Å². The summed E-state index contributed by atoms with van der Waals surface area (Å²) in [5.41, 5.74) is -0.606. The van der Waals surface area contributed by atoms with Crippen LogP contribution < -0.4 is 5.32 Å². The van der Waals surface area contributed by atoms with Gasteiger partial charge in [-0.3, -0.25) is 14.5 Å². The fourth-order valence-electron chi connectivity index (χ4n) is 2.45. The van der Waals surface area contributed by atoms with Gasteiger partial charge < -0.3 is 34.1 Å². The molecule has 1 fully saturated rings. The molecular weight excluding hydrogens is 444 g/mol. The SMILES string of the molecule is CC(C)(C)OC(=O)N1CSCC1C(=O)NCCOCCOCCOCCOCCC(=O)O. The highest BCUT2D eigenvalue weighted by Gasteiger charge is 2.36. The minimum absolute atomic E-state index is 0.0169. The van der Waals surface area contributed by atoms with Crippen molar-refractivity contribution in [1.82, 2.24) is 10.2 Å². The van der Waals surface area contributed by atoms with Crippen LogP contribution in [-0.2, 0) is 33.3 Å². The van der Waals surface area contributed by atoms with Gasteiger partial charge in [0.2, 0.25) is 5.91 Å². The number of carbonyl (C=O) groups is 3. The van der Waals surface area contributed by atoms with Crippen LogP contribution in [0.4, 0.5) is 4.79 Å². The fourth-order valence-corrected chi connectivity index (χ4v) is 3.59. The van der Waals surface area contributed by atoms with Crippen molar-refractivity contribution in [1.29, 1.82) is 0 Å². The molecule has 0 spiro atoms. The highest BCUT2D eigenvalue weighted by molar-refractivity contribution is 7.99. The van der Waals surface area contributed by atoms with E-state index >= 15 is 0 Å². The van der Waals surface area contributed by atoms with Crippen LogP contribution in [-0.4, -0.2) is 111 Å². The van der Waals surface area contributed by atoms with E-state index in [0.29, 0.717) is 64.4 Å². The summed E-state index contributed by atoms with van der Waals surface area (Å²) in [6.07, 6.45) is -0.498. The Hall–Kier alpha value is -1.60. The minimum atomic E-state index is -0.887. The summed E-state index contributed by atoms with van der Waals surface area (Å²) in [7, 11) is 0. The molecule has 0 aliphatic carbocycles. The summed E-state index contributed by atoms with van der Waals surface area (Å²) in [4.78, 5) is 36.4. The summed E-state index contributed by atoms with van der Waals surface area (Å²) in [6.45, 7) is 8.56. The zero-order valence-corrected chi connectivity index (χ0v) is 19.9. The van der Waals surface area contributed by atoms with E-state index in [1.807, 2.05) is 0 Å². The van der Waals surface area contributed by atoms with Crippen molar-refractivity contribution in [3.05, 3.63) is 0 Å². The van der Waals surface area contributed by atoms with Gasteiger partial charge in [-0.05, 0) is 20.8 Å². The summed E-state index contributed by atoms with van der Waals surface area (Å²) in [6, 6.07) is -0.541. The molecule has 2 amide bonds. The Morgan fingerprint density at radius 1 is 0.938 bits per heavy atom. The van der Waals surface area contributed by atoms with Gasteiger partial charge in [-0.2, -0.15) is 0 Å². The molecule has 0 aromatic rings. The van der Waals surface area contributed by atoms with Crippen LogP contribution in [0.2, 0.25) is 0 Å². The molecule has 0 bridgehead atoms. The van der Waals surface area contributed by atoms with Crippen molar-refractivity contribution in [3.8, 4) is 0 Å². The van der Waals surface area contributed by atoms with E-state index < -0.39 is 23.7 Å². The highest BCUT2D eigenvalue weighted by atomic mass is 32.2. The van der Waals surface area contributed by atoms with Gasteiger partial charge in [-0.15, -0.1) is 11.8 Å². The maximum absolute atomic E-state index is 12.4. The van der Waals surface area contributed by atoms with Gasteiger partial charge in [-0.1, -0.05) is 0 Å². The Morgan fingerprint density at radius 2 is 1.47 bits per heavy atom. The van der Waals surface area contributed by atoms with Crippen molar-refractivity contribution in [2.45, 2.75) is 38.8 Å². The number of rotatable bonds is 16. The molecule has 1 saturated heterocycles. The molecule has 1 aliphatic rings. The molecule has 1 heterocycles. The average Bonchev–Trinajstić information content (AvgIpc) is 3.19. The van der Waals surface area contributed by atoms with Crippen LogP contribution in [0.15, 0.2) is 0 Å². The first kappa shape index (κ1) is 28.4. The zero-order valence-electron chi connectivity index (χ0n) is 19.1. The lowest BCUT2D eigenvalue weighted by atomic mass is 10.2. The van der Waals surface area contributed by atoms with Gasteiger partial charge in [0.1, 0.15) is 11.6 Å². The number of carboxylic acids is 1. The van der Waals surface area contributed by atoms with E-state index in [9.17, 15) is 14.4 Å². The number of thioether (sulfide) groups is 1. The fraction of sp³-hybridized carbons (Fsp3) is 0.850. The molecule has 1 unspecified atom stereocenters. The van der Waals surface area contributed by atoms with Crippen LogP contribution in [0.3, 0.4) is 0 Å². The highest BCUT2D eigenvalue weighted by Crippen LogP contribution is 2.23. The van der Waals surface area contributed by atoms with Crippen molar-refractivity contribution < 1.29 is 43.2 Å². The molecule has 1 rings (SSSR count). The van der Waals surface area contributed by atoms with Gasteiger partial charge in [0.25, 0.3) is 0 Å². The second kappa shape index (κ2) is 16.1. The number of hydrogen-bond acceptors (Lipinski definition) is 9. The van der Waals surface area contributed by atoms with Gasteiger partial charge >= 0.3 is 12.1 Å². The Labute approximate surface area is 193 Å². The second-order valence-corrected chi connectivity index (χ2v) is 8.85. The number of amides is 2. The van der Waals surface area contributed by atoms with Gasteiger partial charge in [0, 0.05) is 12.3 Å². The lowest BCUT2D eigenvalue weighted by Gasteiger charge is -2.27. The van der Waals surface area contributed by atoms with Crippen LogP contribution in [0.5, 0.6) is 0 Å². The van der Waals surface area contributed by atoms with E-state index in [-0.39, 0.29) is 18.9 Å². The van der Waals surface area contributed by atoms with Crippen LogP contribution in [0.1, 0.15) is 27.2 Å². The summed E-state index contributed by atoms with van der Waals surface area (Å²) in [5, 5.41) is 11.2. The Balaban J connectivity index is 1.97. The second-order valence-electron chi connectivity index (χ2n) is 7.85. The number of carboxylic acid groups (broad SMARTS) is 1. The third-order valence-corrected chi connectivity index (χ3v) is 4.95. The van der Waals surface area contributed by atoms with Crippen molar-refractivity contribution in [2.75, 3.05) is 71.0 Å². The van der Waals surface area contributed by atoms with Crippen molar-refractivity contribution in [2.24, 2.45) is 0 Å². The number of carbonyl (C=O) groups excluding carboxylic acids is 2. The van der Waals surface area contributed by atoms with E-state index in [4.69, 9.17) is 28.8 Å². The third kappa shape index (κ3) is 13.7. The predicted octanol–water partition coefficient (Wildman–Crippen LogP) is 0.954. The largest absolute Gasteiger partial charge is 0.481 e. The standard InChI is InChI=1S/C20H36N2O9S/c1-20(2,3)31-19(26)22-15-32-14-16(22)18(25)21-5-7-28-9-11-30-13-12-29-10-8-27-6-4-17(23)24/h16H,4-15H2,1-3H3,(H,21,25)(H,23,24). The Kier molecular flexibility index (Phi) is 14.3. The third-order valence-electron chi connectivity index (χ3n) is 3.93. The van der Waals surface area contributed by atoms with Crippen LogP contribution >= 0.6 is 11.8 Å². The molecule has 11 nitrogen and oxygen atoms in total. The van der Waals surface area contributed by atoms with Gasteiger partial charge in [0.15, 0.2) is 0 Å². The normalized spacial score (nSPS) is 16.2. The minimum Gasteiger partial charge on any atom is -0.481 e. The average molecular weight is 481 g/mol. The van der Waals surface area contributed by atoms with Crippen molar-refractivity contribution >= 4 is 29.7 Å². The number of ether oxygens (including phenoxy) is 5. The van der Waals surface area contributed by atoms with E-state index in [1.54, 1.807) is 20.8 Å². The van der Waals surface area contributed by atoms with Crippen LogP contribution in [0, 0.1) is 0 Å². The topological polar surface area (TPSA) is 133 Å². The zero-order chi connectivity index (χ0) is 23.8. The Morgan fingerprint density at radius 3 is 2.00 bits per heavy atom. The number of nitrogens with one attached hydrogen (secondary N) is 1. The molecule has 2 N–H and O–H groups in total. The van der Waals surface area contributed by atoms with Gasteiger partial charge in [0.05, 0.1) is 65.2 Å². The van der Waals surface area contributed by atoms with Gasteiger partial charge in [-0.25, -0.2) is 4.79 Å². The molecule has 1 aliphatic heterocycles. The first-order chi connectivity index (χ1) is 15.2. The molecule has 0 aromatic carbocycles. The molecular formula is C20H36N2O9S. The first-order valence-corrected chi connectivity index (χ1v) is 11.7. The number of aliphatic carboxylic acids is 1.